The van der Waals surface area contributed by atoms with Gasteiger partial charge in [-0.25, -0.2) is 0 Å². The first-order valence-corrected chi connectivity index (χ1v) is 5.66. The van der Waals surface area contributed by atoms with Crippen molar-refractivity contribution in [2.45, 2.75) is 24.6 Å². The van der Waals surface area contributed by atoms with E-state index in [0.29, 0.717) is 12.0 Å². The summed E-state index contributed by atoms with van der Waals surface area (Å²) in [6.07, 6.45) is 5.57. The lowest BCUT2D eigenvalue weighted by Gasteiger charge is -2.35. The molecule has 5 heteroatoms. The highest BCUT2D eigenvalue weighted by molar-refractivity contribution is 5.62. The van der Waals surface area contributed by atoms with Crippen molar-refractivity contribution in [2.75, 3.05) is 13.2 Å². The van der Waals surface area contributed by atoms with Crippen LogP contribution >= 0.6 is 0 Å². The summed E-state index contributed by atoms with van der Waals surface area (Å²) < 4.78 is 0. The Morgan fingerprint density at radius 1 is 1.53 bits per heavy atom. The molecule has 1 saturated heterocycles. The van der Waals surface area contributed by atoms with Gasteiger partial charge in [0.1, 0.15) is 11.9 Å². The van der Waals surface area contributed by atoms with Crippen LogP contribution < -0.4 is 0 Å². The van der Waals surface area contributed by atoms with Crippen LogP contribution in [0.15, 0.2) is 23.9 Å². The van der Waals surface area contributed by atoms with Crippen LogP contribution in [0.4, 0.5) is 0 Å². The van der Waals surface area contributed by atoms with E-state index < -0.39 is 18.1 Å². The maximum atomic E-state index is 10.9. The number of aliphatic hydroxyl groups is 3. The van der Waals surface area contributed by atoms with Gasteiger partial charge in [-0.1, -0.05) is 12.2 Å². The highest BCUT2D eigenvalue weighted by atomic mass is 16.3. The van der Waals surface area contributed by atoms with Crippen LogP contribution in [0.5, 0.6) is 0 Å². The minimum atomic E-state index is -1.57. The molecule has 94 valence electrons. The molecule has 0 aromatic rings. The van der Waals surface area contributed by atoms with E-state index in [1.807, 2.05) is 11.8 Å². The third-order valence-corrected chi connectivity index (χ3v) is 3.68. The molecule has 4 unspecified atom stereocenters. The SMILES string of the molecule is CC1C(CO)N1C1=CC=CC(C=O)C1(O)CO. The summed E-state index contributed by atoms with van der Waals surface area (Å²) in [5.41, 5.74) is -1.07. The zero-order valence-corrected chi connectivity index (χ0v) is 9.65. The fourth-order valence-electron chi connectivity index (χ4n) is 2.45. The van der Waals surface area contributed by atoms with E-state index in [-0.39, 0.29) is 18.7 Å². The monoisotopic (exact) mass is 239 g/mol. The average Bonchev–Trinajstić information content (AvgIpc) is 2.99. The number of allylic oxidation sites excluding steroid dienone is 2. The molecule has 0 saturated carbocycles. The van der Waals surface area contributed by atoms with Crippen molar-refractivity contribution in [3.8, 4) is 0 Å². The van der Waals surface area contributed by atoms with Crippen molar-refractivity contribution in [1.82, 2.24) is 4.90 Å². The molecule has 2 rings (SSSR count). The molecule has 2 aliphatic rings. The third-order valence-electron chi connectivity index (χ3n) is 3.68. The maximum absolute atomic E-state index is 10.9. The van der Waals surface area contributed by atoms with Gasteiger partial charge >= 0.3 is 0 Å². The van der Waals surface area contributed by atoms with E-state index in [9.17, 15) is 15.0 Å². The molecule has 0 aromatic heterocycles. The van der Waals surface area contributed by atoms with E-state index in [0.717, 1.165) is 0 Å². The van der Waals surface area contributed by atoms with Gasteiger partial charge in [0.2, 0.25) is 0 Å². The van der Waals surface area contributed by atoms with Crippen molar-refractivity contribution in [3.05, 3.63) is 23.9 Å². The van der Waals surface area contributed by atoms with Crippen LogP contribution in [0.2, 0.25) is 0 Å². The summed E-state index contributed by atoms with van der Waals surface area (Å²) in [4.78, 5) is 12.8. The topological polar surface area (TPSA) is 80.8 Å². The minimum absolute atomic E-state index is 0.00448. The van der Waals surface area contributed by atoms with Gasteiger partial charge in [-0.15, -0.1) is 0 Å². The summed E-state index contributed by atoms with van der Waals surface area (Å²) in [5.74, 6) is -0.750. The van der Waals surface area contributed by atoms with Crippen molar-refractivity contribution in [2.24, 2.45) is 5.92 Å². The molecule has 0 aromatic carbocycles. The molecular formula is C12H17NO4. The Hall–Kier alpha value is -1.17. The van der Waals surface area contributed by atoms with E-state index in [4.69, 9.17) is 5.11 Å². The molecule has 1 aliphatic carbocycles. The summed E-state index contributed by atoms with van der Waals surface area (Å²) in [7, 11) is 0. The highest BCUT2D eigenvalue weighted by Crippen LogP contribution is 2.41. The summed E-state index contributed by atoms with van der Waals surface area (Å²) in [5, 5.41) is 28.9. The van der Waals surface area contributed by atoms with Gasteiger partial charge in [-0.2, -0.15) is 0 Å². The van der Waals surface area contributed by atoms with Crippen molar-refractivity contribution in [3.63, 3.8) is 0 Å². The van der Waals surface area contributed by atoms with Crippen molar-refractivity contribution < 1.29 is 20.1 Å². The van der Waals surface area contributed by atoms with Gasteiger partial charge in [0.15, 0.2) is 0 Å². The Morgan fingerprint density at radius 3 is 2.71 bits per heavy atom. The standard InChI is InChI=1S/C12H17NO4/c1-8-10(6-15)13(8)11-4-2-3-9(5-14)12(11,17)7-16/h2-5,8-10,15-17H,6-7H2,1H3. The second-order valence-electron chi connectivity index (χ2n) is 4.58. The summed E-state index contributed by atoms with van der Waals surface area (Å²) >= 11 is 0. The fraction of sp³-hybridized carbons (Fsp3) is 0.583. The third kappa shape index (κ3) is 1.71. The van der Waals surface area contributed by atoms with E-state index in [1.54, 1.807) is 18.2 Å². The smallest absolute Gasteiger partial charge is 0.140 e. The van der Waals surface area contributed by atoms with Gasteiger partial charge in [-0.05, 0) is 13.0 Å². The number of aldehydes is 1. The Morgan fingerprint density at radius 2 is 2.24 bits per heavy atom. The van der Waals surface area contributed by atoms with E-state index in [1.165, 1.54) is 0 Å². The Bertz CT molecular complexity index is 379. The molecule has 1 fully saturated rings. The zero-order chi connectivity index (χ0) is 12.6. The van der Waals surface area contributed by atoms with Crippen LogP contribution in [0.1, 0.15) is 6.92 Å². The van der Waals surface area contributed by atoms with Crippen molar-refractivity contribution >= 4 is 6.29 Å². The average molecular weight is 239 g/mol. The van der Waals surface area contributed by atoms with E-state index in [2.05, 4.69) is 0 Å². The van der Waals surface area contributed by atoms with E-state index >= 15 is 0 Å². The lowest BCUT2D eigenvalue weighted by Crippen LogP contribution is -2.47. The quantitative estimate of drug-likeness (QED) is 0.435. The minimum Gasteiger partial charge on any atom is -0.394 e. The van der Waals surface area contributed by atoms with Gasteiger partial charge in [0.25, 0.3) is 0 Å². The Balaban J connectivity index is 2.29. The lowest BCUT2D eigenvalue weighted by atomic mass is 9.82. The Labute approximate surface area is 99.7 Å². The number of nitrogens with zero attached hydrogens (tertiary/aromatic N) is 1. The molecule has 1 aliphatic heterocycles. The molecular weight excluding hydrogens is 222 g/mol. The molecule has 0 amide bonds. The number of carbonyl (C=O) groups excluding carboxylic acids is 1. The number of rotatable bonds is 4. The first kappa shape index (κ1) is 12.3. The fourth-order valence-corrected chi connectivity index (χ4v) is 2.45. The first-order valence-electron chi connectivity index (χ1n) is 5.66. The predicted octanol–water partition coefficient (Wildman–Crippen LogP) is -0.956. The van der Waals surface area contributed by atoms with Gasteiger partial charge in [0, 0.05) is 11.7 Å². The number of carbonyl (C=O) groups is 1. The number of hydrogen-bond acceptors (Lipinski definition) is 5. The normalized spacial score (nSPS) is 40.1. The zero-order valence-electron chi connectivity index (χ0n) is 9.65. The van der Waals surface area contributed by atoms with Crippen LogP contribution in [-0.4, -0.2) is 57.4 Å². The largest absolute Gasteiger partial charge is 0.394 e. The molecule has 17 heavy (non-hydrogen) atoms. The first-order chi connectivity index (χ1) is 8.10. The highest BCUT2D eigenvalue weighted by Gasteiger charge is 2.53. The molecule has 5 nitrogen and oxygen atoms in total. The summed E-state index contributed by atoms with van der Waals surface area (Å²) in [6.45, 7) is 1.40. The van der Waals surface area contributed by atoms with Crippen LogP contribution in [0.25, 0.3) is 0 Å². The molecule has 4 atom stereocenters. The van der Waals surface area contributed by atoms with Gasteiger partial charge < -0.3 is 25.0 Å². The summed E-state index contributed by atoms with van der Waals surface area (Å²) in [6, 6.07) is 0.0706. The predicted molar refractivity (Wildman–Crippen MR) is 61.0 cm³/mol. The second kappa shape index (κ2) is 4.25. The molecule has 0 spiro atoms. The number of hydrogen-bond donors (Lipinski definition) is 3. The van der Waals surface area contributed by atoms with Crippen LogP contribution in [0, 0.1) is 5.92 Å². The Kier molecular flexibility index (Phi) is 3.07. The van der Waals surface area contributed by atoms with Crippen molar-refractivity contribution in [1.29, 1.82) is 0 Å². The van der Waals surface area contributed by atoms with Gasteiger partial charge in [0.05, 0.1) is 25.2 Å². The van der Waals surface area contributed by atoms with Crippen LogP contribution in [-0.2, 0) is 4.79 Å². The van der Waals surface area contributed by atoms with Crippen LogP contribution in [0.3, 0.4) is 0 Å². The maximum Gasteiger partial charge on any atom is 0.140 e. The molecule has 0 bridgehead atoms. The molecule has 0 radical (unpaired) electrons. The molecule has 1 heterocycles. The lowest BCUT2D eigenvalue weighted by molar-refractivity contribution is -0.118. The molecule has 3 N–H and O–H groups in total. The van der Waals surface area contributed by atoms with Gasteiger partial charge in [-0.3, -0.25) is 0 Å². The number of aliphatic hydroxyl groups excluding tert-OH is 2. The second-order valence-corrected chi connectivity index (χ2v) is 4.58.